The van der Waals surface area contributed by atoms with Crippen molar-refractivity contribution in [1.82, 2.24) is 20.2 Å². The molecule has 0 aliphatic carbocycles. The zero-order chi connectivity index (χ0) is 16.9. The van der Waals surface area contributed by atoms with Gasteiger partial charge in [0.25, 0.3) is 0 Å². The first-order chi connectivity index (χ1) is 11.6. The van der Waals surface area contributed by atoms with Crippen LogP contribution in [0.5, 0.6) is 0 Å². The van der Waals surface area contributed by atoms with Crippen LogP contribution in [-0.2, 0) is 9.59 Å². The average molecular weight is 347 g/mol. The van der Waals surface area contributed by atoms with Crippen LogP contribution in [-0.4, -0.2) is 34.0 Å². The molecule has 2 amide bonds. The van der Waals surface area contributed by atoms with E-state index < -0.39 is 6.04 Å². The molecule has 0 unspecified atom stereocenters. The van der Waals surface area contributed by atoms with Gasteiger partial charge in [0.2, 0.25) is 11.8 Å². The molecule has 2 N–H and O–H groups in total. The van der Waals surface area contributed by atoms with Crippen LogP contribution in [0.25, 0.3) is 0 Å². The number of hydrogen-bond donors (Lipinski definition) is 2. The Morgan fingerprint density at radius 3 is 2.88 bits per heavy atom. The van der Waals surface area contributed by atoms with Crippen molar-refractivity contribution in [2.75, 3.05) is 6.54 Å². The van der Waals surface area contributed by atoms with Gasteiger partial charge < -0.3 is 15.2 Å². The molecule has 0 radical (unpaired) electrons. The highest BCUT2D eigenvalue weighted by atomic mass is 35.5. The van der Waals surface area contributed by atoms with E-state index >= 15 is 0 Å². The highest BCUT2D eigenvalue weighted by Crippen LogP contribution is 2.20. The molecule has 7 heteroatoms. The predicted molar refractivity (Wildman–Crippen MR) is 90.6 cm³/mol. The second-order valence-corrected chi connectivity index (χ2v) is 6.27. The molecule has 2 atom stereocenters. The maximum absolute atomic E-state index is 12.3. The molecule has 126 valence electrons. The van der Waals surface area contributed by atoms with Crippen molar-refractivity contribution in [3.63, 3.8) is 0 Å². The monoisotopic (exact) mass is 346 g/mol. The maximum atomic E-state index is 12.3. The molecule has 0 bridgehead atoms. The zero-order valence-electron chi connectivity index (χ0n) is 13.1. The molecule has 1 aromatic heterocycles. The van der Waals surface area contributed by atoms with Crippen molar-refractivity contribution in [1.29, 1.82) is 0 Å². The fourth-order valence-corrected chi connectivity index (χ4v) is 2.98. The zero-order valence-corrected chi connectivity index (χ0v) is 13.9. The van der Waals surface area contributed by atoms with E-state index in [-0.39, 0.29) is 17.9 Å². The Morgan fingerprint density at radius 1 is 1.42 bits per heavy atom. The van der Waals surface area contributed by atoms with Gasteiger partial charge in [-0.2, -0.15) is 0 Å². The topological polar surface area (TPSA) is 76.0 Å². The van der Waals surface area contributed by atoms with E-state index in [1.54, 1.807) is 12.5 Å². The van der Waals surface area contributed by atoms with Crippen LogP contribution >= 0.6 is 11.6 Å². The van der Waals surface area contributed by atoms with Crippen molar-refractivity contribution in [2.24, 2.45) is 0 Å². The van der Waals surface area contributed by atoms with E-state index in [1.165, 1.54) is 0 Å². The minimum Gasteiger partial charge on any atom is -0.352 e. The lowest BCUT2D eigenvalue weighted by Gasteiger charge is -2.25. The number of aromatic nitrogens is 2. The van der Waals surface area contributed by atoms with Crippen molar-refractivity contribution < 1.29 is 9.59 Å². The largest absolute Gasteiger partial charge is 0.352 e. The molecule has 1 saturated heterocycles. The Hall–Kier alpha value is -2.34. The summed E-state index contributed by atoms with van der Waals surface area (Å²) in [4.78, 5) is 27.9. The molecule has 24 heavy (non-hydrogen) atoms. The average Bonchev–Trinajstić information content (AvgIpc) is 3.11. The van der Waals surface area contributed by atoms with Gasteiger partial charge in [0.05, 0.1) is 12.4 Å². The molecule has 0 spiro atoms. The first-order valence-corrected chi connectivity index (χ1v) is 8.31. The Kier molecular flexibility index (Phi) is 5.15. The molecule has 3 rings (SSSR count). The second kappa shape index (κ2) is 7.49. The summed E-state index contributed by atoms with van der Waals surface area (Å²) in [5.41, 5.74) is 1.02. The lowest BCUT2D eigenvalue weighted by atomic mass is 10.0. The van der Waals surface area contributed by atoms with E-state index in [4.69, 9.17) is 11.6 Å². The van der Waals surface area contributed by atoms with E-state index in [0.717, 1.165) is 12.0 Å². The summed E-state index contributed by atoms with van der Waals surface area (Å²) in [6.45, 7) is 0.406. The van der Waals surface area contributed by atoms with Crippen LogP contribution in [0.4, 0.5) is 0 Å². The van der Waals surface area contributed by atoms with Gasteiger partial charge in [0, 0.05) is 30.4 Å². The van der Waals surface area contributed by atoms with E-state index in [9.17, 15) is 9.59 Å². The lowest BCUT2D eigenvalue weighted by Crippen LogP contribution is -2.49. The number of carbonyl (C=O) groups is 2. The van der Waals surface area contributed by atoms with Gasteiger partial charge in [-0.3, -0.25) is 9.59 Å². The fraction of sp³-hybridized carbons (Fsp3) is 0.353. The van der Waals surface area contributed by atoms with Crippen molar-refractivity contribution >= 4 is 23.4 Å². The third-order valence-corrected chi connectivity index (χ3v) is 4.41. The van der Waals surface area contributed by atoms with Gasteiger partial charge >= 0.3 is 0 Å². The Morgan fingerprint density at radius 2 is 2.21 bits per heavy atom. The second-order valence-electron chi connectivity index (χ2n) is 5.83. The molecule has 1 aliphatic rings. The molecule has 6 nitrogen and oxygen atoms in total. The van der Waals surface area contributed by atoms with Crippen molar-refractivity contribution in [3.05, 3.63) is 53.6 Å². The number of piperidine rings is 1. The molecular formula is C17H19ClN4O2. The van der Waals surface area contributed by atoms with Crippen LogP contribution in [0.2, 0.25) is 5.02 Å². The van der Waals surface area contributed by atoms with Crippen LogP contribution < -0.4 is 10.6 Å². The number of imidazole rings is 1. The Bertz CT molecular complexity index is 700. The number of halogens is 1. The van der Waals surface area contributed by atoms with Gasteiger partial charge in [-0.15, -0.1) is 0 Å². The quantitative estimate of drug-likeness (QED) is 0.868. The molecule has 2 aromatic rings. The molecular weight excluding hydrogens is 328 g/mol. The first kappa shape index (κ1) is 16.5. The Labute approximate surface area is 145 Å². The Balaban J connectivity index is 1.69. The van der Waals surface area contributed by atoms with Crippen LogP contribution in [0.1, 0.15) is 30.9 Å². The summed E-state index contributed by atoms with van der Waals surface area (Å²) in [6, 6.07) is 6.98. The number of rotatable bonds is 5. The number of benzene rings is 1. The summed E-state index contributed by atoms with van der Waals surface area (Å²) >= 11 is 5.95. The molecule has 1 aliphatic heterocycles. The molecule has 1 fully saturated rings. The van der Waals surface area contributed by atoms with Crippen LogP contribution in [0.3, 0.4) is 0 Å². The van der Waals surface area contributed by atoms with Crippen molar-refractivity contribution in [2.45, 2.75) is 31.3 Å². The van der Waals surface area contributed by atoms with Crippen LogP contribution in [0.15, 0.2) is 43.0 Å². The van der Waals surface area contributed by atoms with Gasteiger partial charge in [0.1, 0.15) is 6.04 Å². The summed E-state index contributed by atoms with van der Waals surface area (Å²) in [5, 5.41) is 6.34. The van der Waals surface area contributed by atoms with Crippen LogP contribution in [0, 0.1) is 0 Å². The SMILES string of the molecule is O=C1CCC[C@H](C(=O)NC[C@H](c2ccc(Cl)cc2)n2ccnc2)N1. The van der Waals surface area contributed by atoms with Gasteiger partial charge in [-0.1, -0.05) is 23.7 Å². The fourth-order valence-electron chi connectivity index (χ4n) is 2.86. The third-order valence-electron chi connectivity index (χ3n) is 4.16. The van der Waals surface area contributed by atoms with E-state index in [2.05, 4.69) is 15.6 Å². The summed E-state index contributed by atoms with van der Waals surface area (Å²) < 4.78 is 1.93. The minimum absolute atomic E-state index is 0.0646. The molecule has 0 saturated carbocycles. The standard InChI is InChI=1S/C17H19ClN4O2/c18-13-6-4-12(5-7-13)15(22-9-8-19-11-22)10-20-17(24)14-2-1-3-16(23)21-14/h4-9,11,14-15H,1-3,10H2,(H,20,24)(H,21,23)/t14-,15-/m1/s1. The first-order valence-electron chi connectivity index (χ1n) is 7.93. The third kappa shape index (κ3) is 3.94. The van der Waals surface area contributed by atoms with Gasteiger partial charge in [-0.05, 0) is 30.5 Å². The molecule has 2 heterocycles. The number of amides is 2. The minimum atomic E-state index is -0.445. The van der Waals surface area contributed by atoms with E-state index in [1.807, 2.05) is 35.0 Å². The number of nitrogens with one attached hydrogen (secondary N) is 2. The predicted octanol–water partition coefficient (Wildman–Crippen LogP) is 1.91. The highest BCUT2D eigenvalue weighted by molar-refractivity contribution is 6.30. The van der Waals surface area contributed by atoms with E-state index in [0.29, 0.717) is 24.4 Å². The number of carbonyl (C=O) groups excluding carboxylic acids is 2. The summed E-state index contributed by atoms with van der Waals surface area (Å²) in [6.07, 6.45) is 7.18. The smallest absolute Gasteiger partial charge is 0.242 e. The van der Waals surface area contributed by atoms with Gasteiger partial charge in [-0.25, -0.2) is 4.98 Å². The molecule has 1 aromatic carbocycles. The number of hydrogen-bond acceptors (Lipinski definition) is 3. The summed E-state index contributed by atoms with van der Waals surface area (Å²) in [7, 11) is 0. The van der Waals surface area contributed by atoms with Gasteiger partial charge in [0.15, 0.2) is 0 Å². The van der Waals surface area contributed by atoms with Crippen molar-refractivity contribution in [3.8, 4) is 0 Å². The lowest BCUT2D eigenvalue weighted by molar-refractivity contribution is -0.131. The highest BCUT2D eigenvalue weighted by Gasteiger charge is 2.25. The normalized spacial score (nSPS) is 18.7. The summed E-state index contributed by atoms with van der Waals surface area (Å²) in [5.74, 6) is -0.215. The number of nitrogens with zero attached hydrogens (tertiary/aromatic N) is 2. The maximum Gasteiger partial charge on any atom is 0.242 e.